The quantitative estimate of drug-likeness (QED) is 0.465. The number of fused-ring (bicyclic) bond motifs is 1. The van der Waals surface area contributed by atoms with Gasteiger partial charge in [-0.3, -0.25) is 24.1 Å². The van der Waals surface area contributed by atoms with Crippen molar-refractivity contribution < 1.29 is 33.4 Å². The lowest BCUT2D eigenvalue weighted by atomic mass is 9.81. The maximum absolute atomic E-state index is 12.5. The minimum atomic E-state index is -0.823. The van der Waals surface area contributed by atoms with Gasteiger partial charge in [0, 0.05) is 0 Å². The molecule has 3 fully saturated rings. The molecule has 0 bridgehead atoms. The molecule has 3 aliphatic rings. The zero-order valence-electron chi connectivity index (χ0n) is 17.9. The zero-order chi connectivity index (χ0) is 22.8. The van der Waals surface area contributed by atoms with Gasteiger partial charge in [-0.2, -0.15) is 0 Å². The number of amides is 3. The van der Waals surface area contributed by atoms with Crippen molar-refractivity contribution in [3.8, 4) is 0 Å². The van der Waals surface area contributed by atoms with Gasteiger partial charge in [-0.25, -0.2) is 4.79 Å². The third-order valence-corrected chi connectivity index (χ3v) is 7.07. The Hall–Kier alpha value is -2.75. The molecule has 1 aromatic heterocycles. The first-order valence-electron chi connectivity index (χ1n) is 11.0. The van der Waals surface area contributed by atoms with Crippen molar-refractivity contribution in [1.82, 2.24) is 4.90 Å². The van der Waals surface area contributed by atoms with Crippen molar-refractivity contribution in [3.05, 3.63) is 16.5 Å². The lowest BCUT2D eigenvalue weighted by Gasteiger charge is -2.19. The second-order valence-electron chi connectivity index (χ2n) is 8.36. The lowest BCUT2D eigenvalue weighted by molar-refractivity contribution is -0.154. The first-order chi connectivity index (χ1) is 15.4. The van der Waals surface area contributed by atoms with E-state index < -0.39 is 31.0 Å². The van der Waals surface area contributed by atoms with Crippen molar-refractivity contribution in [3.63, 3.8) is 0 Å². The first-order valence-corrected chi connectivity index (χ1v) is 11.9. The number of imide groups is 1. The lowest BCUT2D eigenvalue weighted by Crippen LogP contribution is -2.37. The highest BCUT2D eigenvalue weighted by molar-refractivity contribution is 7.15. The topological polar surface area (TPSA) is 119 Å². The van der Waals surface area contributed by atoms with Gasteiger partial charge in [-0.15, -0.1) is 11.3 Å². The average Bonchev–Trinajstić information content (AvgIpc) is 3.50. The van der Waals surface area contributed by atoms with Crippen molar-refractivity contribution in [2.24, 2.45) is 11.8 Å². The van der Waals surface area contributed by atoms with Crippen LogP contribution in [0.1, 0.15) is 67.3 Å². The number of anilines is 1. The third kappa shape index (κ3) is 4.55. The van der Waals surface area contributed by atoms with Crippen LogP contribution in [-0.2, 0) is 28.7 Å². The van der Waals surface area contributed by atoms with E-state index in [4.69, 9.17) is 9.47 Å². The molecule has 32 heavy (non-hydrogen) atoms. The number of esters is 2. The van der Waals surface area contributed by atoms with Crippen molar-refractivity contribution in [1.29, 1.82) is 0 Å². The first kappa shape index (κ1) is 22.4. The Balaban J connectivity index is 1.32. The molecule has 0 aromatic carbocycles. The minimum absolute atomic E-state index is 0.222. The standard InChI is InChI=1S/C22H26N2O7S/c1-2-30-22(29)18-15(12-7-8-12)11-32-19(18)23-16(25)10-31-17(26)9-24-20(27)13-5-3-4-6-14(13)21(24)28/h11-14H,2-10H2,1H3,(H,23,25)/t13-,14-/m0/s1. The molecule has 1 saturated heterocycles. The average molecular weight is 463 g/mol. The van der Waals surface area contributed by atoms with Gasteiger partial charge in [0.15, 0.2) is 6.61 Å². The molecule has 1 aromatic rings. The molecule has 2 aliphatic carbocycles. The summed E-state index contributed by atoms with van der Waals surface area (Å²) in [6.45, 7) is 0.862. The summed E-state index contributed by atoms with van der Waals surface area (Å²) >= 11 is 1.23. The van der Waals surface area contributed by atoms with E-state index in [0.717, 1.165) is 36.1 Å². The molecule has 2 saturated carbocycles. The summed E-state index contributed by atoms with van der Waals surface area (Å²) in [4.78, 5) is 62.8. The highest BCUT2D eigenvalue weighted by atomic mass is 32.1. The summed E-state index contributed by atoms with van der Waals surface area (Å²) in [6, 6.07) is 0. The van der Waals surface area contributed by atoms with Crippen LogP contribution in [0.3, 0.4) is 0 Å². The molecule has 0 unspecified atom stereocenters. The van der Waals surface area contributed by atoms with Gasteiger partial charge in [0.25, 0.3) is 5.91 Å². The molecule has 9 nitrogen and oxygen atoms in total. The number of ether oxygens (including phenoxy) is 2. The molecular weight excluding hydrogens is 436 g/mol. The molecule has 1 N–H and O–H groups in total. The van der Waals surface area contributed by atoms with Crippen LogP contribution in [0.4, 0.5) is 5.00 Å². The van der Waals surface area contributed by atoms with Gasteiger partial charge in [0.05, 0.1) is 24.0 Å². The van der Waals surface area contributed by atoms with Crippen LogP contribution in [0.15, 0.2) is 5.38 Å². The summed E-state index contributed by atoms with van der Waals surface area (Å²) in [6.07, 6.45) is 5.11. The number of thiophene rings is 1. The summed E-state index contributed by atoms with van der Waals surface area (Å²) in [5.74, 6) is -2.96. The van der Waals surface area contributed by atoms with Crippen molar-refractivity contribution >= 4 is 46.0 Å². The Morgan fingerprint density at radius 3 is 2.31 bits per heavy atom. The smallest absolute Gasteiger partial charge is 0.341 e. The Kier molecular flexibility index (Phi) is 6.59. The van der Waals surface area contributed by atoms with Gasteiger partial charge in [-0.05, 0) is 49.5 Å². The second-order valence-corrected chi connectivity index (χ2v) is 9.24. The number of hydrogen-bond donors (Lipinski definition) is 1. The SMILES string of the molecule is CCOC(=O)c1c(C2CC2)csc1NC(=O)COC(=O)CN1C(=O)[C@H]2CCCC[C@@H]2C1=O. The zero-order valence-corrected chi connectivity index (χ0v) is 18.7. The summed E-state index contributed by atoms with van der Waals surface area (Å²) < 4.78 is 10.1. The van der Waals surface area contributed by atoms with Gasteiger partial charge in [0.2, 0.25) is 11.8 Å². The molecule has 2 heterocycles. The van der Waals surface area contributed by atoms with Crippen LogP contribution in [0.5, 0.6) is 0 Å². The summed E-state index contributed by atoms with van der Waals surface area (Å²) in [5.41, 5.74) is 1.23. The number of likely N-dealkylation sites (tertiary alicyclic amines) is 1. The highest BCUT2D eigenvalue weighted by Crippen LogP contribution is 2.46. The highest BCUT2D eigenvalue weighted by Gasteiger charge is 2.48. The number of carbonyl (C=O) groups excluding carboxylic acids is 5. The largest absolute Gasteiger partial charge is 0.462 e. The fourth-order valence-electron chi connectivity index (χ4n) is 4.44. The number of nitrogens with one attached hydrogen (secondary N) is 1. The second kappa shape index (κ2) is 9.40. The van der Waals surface area contributed by atoms with E-state index in [2.05, 4.69) is 5.32 Å². The van der Waals surface area contributed by atoms with E-state index in [1.165, 1.54) is 11.3 Å². The van der Waals surface area contributed by atoms with E-state index in [0.29, 0.717) is 29.3 Å². The molecule has 0 radical (unpaired) electrons. The Morgan fingerprint density at radius 2 is 1.72 bits per heavy atom. The fourth-order valence-corrected chi connectivity index (χ4v) is 5.49. The maximum Gasteiger partial charge on any atom is 0.341 e. The normalized spacial score (nSPS) is 22.5. The molecule has 1 aliphatic heterocycles. The minimum Gasteiger partial charge on any atom is -0.462 e. The Bertz CT molecular complexity index is 928. The molecule has 10 heteroatoms. The Morgan fingerprint density at radius 1 is 1.06 bits per heavy atom. The molecule has 172 valence electrons. The van der Waals surface area contributed by atoms with Crippen LogP contribution in [0.2, 0.25) is 0 Å². The van der Waals surface area contributed by atoms with Crippen LogP contribution < -0.4 is 5.32 Å². The molecular formula is C22H26N2O7S. The predicted molar refractivity (Wildman–Crippen MR) is 114 cm³/mol. The van der Waals surface area contributed by atoms with Gasteiger partial charge >= 0.3 is 11.9 Å². The van der Waals surface area contributed by atoms with Crippen LogP contribution in [0, 0.1) is 11.8 Å². The summed E-state index contributed by atoms with van der Waals surface area (Å²) in [5, 5.41) is 4.82. The number of nitrogens with zero attached hydrogens (tertiary/aromatic N) is 1. The van der Waals surface area contributed by atoms with E-state index in [-0.39, 0.29) is 30.3 Å². The monoisotopic (exact) mass is 462 g/mol. The van der Waals surface area contributed by atoms with Crippen LogP contribution >= 0.6 is 11.3 Å². The Labute approximate surface area is 189 Å². The molecule has 2 atom stereocenters. The fraction of sp³-hybridized carbons (Fsp3) is 0.591. The van der Waals surface area contributed by atoms with Gasteiger partial charge in [0.1, 0.15) is 11.5 Å². The third-order valence-electron chi connectivity index (χ3n) is 6.15. The maximum atomic E-state index is 12.5. The van der Waals surface area contributed by atoms with E-state index >= 15 is 0 Å². The van der Waals surface area contributed by atoms with E-state index in [1.54, 1.807) is 6.92 Å². The number of carbonyl (C=O) groups is 5. The number of rotatable bonds is 8. The van der Waals surface area contributed by atoms with Gasteiger partial charge in [-0.1, -0.05) is 12.8 Å². The molecule has 3 amide bonds. The number of hydrogen-bond acceptors (Lipinski definition) is 8. The van der Waals surface area contributed by atoms with E-state index in [9.17, 15) is 24.0 Å². The molecule has 4 rings (SSSR count). The van der Waals surface area contributed by atoms with E-state index in [1.807, 2.05) is 5.38 Å². The molecule has 0 spiro atoms. The van der Waals surface area contributed by atoms with Crippen LogP contribution in [-0.4, -0.2) is 54.3 Å². The predicted octanol–water partition coefficient (Wildman–Crippen LogP) is 2.46. The van der Waals surface area contributed by atoms with Gasteiger partial charge < -0.3 is 14.8 Å². The van der Waals surface area contributed by atoms with Crippen molar-refractivity contribution in [2.75, 3.05) is 25.1 Å². The van der Waals surface area contributed by atoms with Crippen molar-refractivity contribution in [2.45, 2.75) is 51.4 Å². The van der Waals surface area contributed by atoms with Crippen LogP contribution in [0.25, 0.3) is 0 Å². The summed E-state index contributed by atoms with van der Waals surface area (Å²) in [7, 11) is 0.